The largest absolute Gasteiger partial charge is 0.325 e. The molecule has 0 aliphatic rings. The second kappa shape index (κ2) is 7.12. The second-order valence-corrected chi connectivity index (χ2v) is 7.61. The SMILES string of the molecule is Cc1cccc(S(=O)(=O)N(C)CC(=O)Nc2ccc(Cl)cc2)c1. The van der Waals surface area contributed by atoms with Crippen molar-refractivity contribution in [3.8, 4) is 0 Å². The van der Waals surface area contributed by atoms with E-state index >= 15 is 0 Å². The van der Waals surface area contributed by atoms with Gasteiger partial charge in [0.2, 0.25) is 15.9 Å². The minimum absolute atomic E-state index is 0.166. The highest BCUT2D eigenvalue weighted by Gasteiger charge is 2.22. The number of rotatable bonds is 5. The summed E-state index contributed by atoms with van der Waals surface area (Å²) in [6.07, 6.45) is 0. The van der Waals surface area contributed by atoms with E-state index in [-0.39, 0.29) is 11.4 Å². The van der Waals surface area contributed by atoms with E-state index in [9.17, 15) is 13.2 Å². The van der Waals surface area contributed by atoms with Gasteiger partial charge < -0.3 is 5.32 Å². The van der Waals surface area contributed by atoms with Crippen molar-refractivity contribution in [2.45, 2.75) is 11.8 Å². The highest BCUT2D eigenvalue weighted by Crippen LogP contribution is 2.16. The highest BCUT2D eigenvalue weighted by atomic mass is 35.5. The Balaban J connectivity index is 2.06. The van der Waals surface area contributed by atoms with Crippen LogP contribution >= 0.6 is 11.6 Å². The number of nitrogens with one attached hydrogen (secondary N) is 1. The van der Waals surface area contributed by atoms with Crippen LogP contribution in [0.5, 0.6) is 0 Å². The molecule has 2 rings (SSSR count). The average molecular weight is 353 g/mol. The van der Waals surface area contributed by atoms with Crippen LogP contribution in [0.15, 0.2) is 53.4 Å². The fraction of sp³-hybridized carbons (Fsp3) is 0.188. The summed E-state index contributed by atoms with van der Waals surface area (Å²) in [7, 11) is -2.33. The van der Waals surface area contributed by atoms with Crippen molar-refractivity contribution >= 4 is 33.2 Å². The van der Waals surface area contributed by atoms with Gasteiger partial charge in [-0.3, -0.25) is 4.79 Å². The van der Waals surface area contributed by atoms with Gasteiger partial charge in [-0.1, -0.05) is 23.7 Å². The van der Waals surface area contributed by atoms with E-state index in [0.717, 1.165) is 9.87 Å². The molecular weight excluding hydrogens is 336 g/mol. The number of amides is 1. The Morgan fingerprint density at radius 2 is 1.83 bits per heavy atom. The fourth-order valence-corrected chi connectivity index (χ4v) is 3.34. The molecule has 0 fully saturated rings. The van der Waals surface area contributed by atoms with E-state index in [1.165, 1.54) is 13.1 Å². The smallest absolute Gasteiger partial charge is 0.243 e. The summed E-state index contributed by atoms with van der Waals surface area (Å²) in [6, 6.07) is 13.1. The molecule has 5 nitrogen and oxygen atoms in total. The molecule has 0 aliphatic carbocycles. The highest BCUT2D eigenvalue weighted by molar-refractivity contribution is 7.89. The molecule has 2 aromatic rings. The first kappa shape index (κ1) is 17.5. The molecule has 0 saturated heterocycles. The molecule has 0 saturated carbocycles. The van der Waals surface area contributed by atoms with E-state index in [1.54, 1.807) is 36.4 Å². The third kappa shape index (κ3) is 4.54. The molecule has 0 unspecified atom stereocenters. The summed E-state index contributed by atoms with van der Waals surface area (Å²) in [4.78, 5) is 12.2. The maximum atomic E-state index is 12.4. The molecular formula is C16H17ClN2O3S. The van der Waals surface area contributed by atoms with Crippen molar-refractivity contribution in [2.75, 3.05) is 18.9 Å². The molecule has 0 heterocycles. The van der Waals surface area contributed by atoms with E-state index in [2.05, 4.69) is 5.32 Å². The fourth-order valence-electron chi connectivity index (χ4n) is 1.98. The zero-order chi connectivity index (χ0) is 17.0. The van der Waals surface area contributed by atoms with Crippen LogP contribution < -0.4 is 5.32 Å². The zero-order valence-corrected chi connectivity index (χ0v) is 14.4. The first-order valence-electron chi connectivity index (χ1n) is 6.87. The number of anilines is 1. The predicted molar refractivity (Wildman–Crippen MR) is 91.1 cm³/mol. The van der Waals surface area contributed by atoms with Crippen LogP contribution in [-0.4, -0.2) is 32.2 Å². The van der Waals surface area contributed by atoms with Crippen molar-refractivity contribution in [1.29, 1.82) is 0 Å². The lowest BCUT2D eigenvalue weighted by molar-refractivity contribution is -0.116. The monoisotopic (exact) mass is 352 g/mol. The molecule has 0 aliphatic heterocycles. The maximum absolute atomic E-state index is 12.4. The van der Waals surface area contributed by atoms with Crippen molar-refractivity contribution in [2.24, 2.45) is 0 Å². The standard InChI is InChI=1S/C16H17ClN2O3S/c1-12-4-3-5-15(10-12)23(21,22)19(2)11-16(20)18-14-8-6-13(17)7-9-14/h3-10H,11H2,1-2H3,(H,18,20). The number of carbonyl (C=O) groups is 1. The summed E-state index contributed by atoms with van der Waals surface area (Å²) >= 11 is 5.77. The molecule has 0 aromatic heterocycles. The van der Waals surface area contributed by atoms with Crippen LogP contribution in [0.4, 0.5) is 5.69 Å². The van der Waals surface area contributed by atoms with Crippen molar-refractivity contribution in [3.05, 3.63) is 59.1 Å². The van der Waals surface area contributed by atoms with Gasteiger partial charge in [0.1, 0.15) is 0 Å². The second-order valence-electron chi connectivity index (χ2n) is 5.13. The number of benzene rings is 2. The number of carbonyl (C=O) groups excluding carboxylic acids is 1. The summed E-state index contributed by atoms with van der Waals surface area (Å²) in [5.74, 6) is -0.425. The summed E-state index contributed by atoms with van der Waals surface area (Å²) in [6.45, 7) is 1.53. The number of sulfonamides is 1. The first-order chi connectivity index (χ1) is 10.8. The Hall–Kier alpha value is -1.89. The molecule has 1 N–H and O–H groups in total. The first-order valence-corrected chi connectivity index (χ1v) is 8.69. The number of halogens is 1. The van der Waals surface area contributed by atoms with Gasteiger partial charge in [0.15, 0.2) is 0 Å². The van der Waals surface area contributed by atoms with Crippen LogP contribution in [0.2, 0.25) is 5.02 Å². The average Bonchev–Trinajstić information content (AvgIpc) is 2.49. The molecule has 2 aromatic carbocycles. The maximum Gasteiger partial charge on any atom is 0.243 e. The van der Waals surface area contributed by atoms with Gasteiger partial charge >= 0.3 is 0 Å². The van der Waals surface area contributed by atoms with Crippen LogP contribution in [0, 0.1) is 6.92 Å². The van der Waals surface area contributed by atoms with E-state index in [0.29, 0.717) is 10.7 Å². The van der Waals surface area contributed by atoms with Crippen LogP contribution in [0.3, 0.4) is 0 Å². The lowest BCUT2D eigenvalue weighted by Crippen LogP contribution is -2.35. The van der Waals surface area contributed by atoms with E-state index in [1.807, 2.05) is 13.0 Å². The normalized spacial score (nSPS) is 11.5. The van der Waals surface area contributed by atoms with Crippen molar-refractivity contribution < 1.29 is 13.2 Å². The summed E-state index contributed by atoms with van der Waals surface area (Å²) in [5.41, 5.74) is 1.39. The summed E-state index contributed by atoms with van der Waals surface area (Å²) < 4.78 is 25.9. The van der Waals surface area contributed by atoms with Crippen molar-refractivity contribution in [1.82, 2.24) is 4.31 Å². The minimum Gasteiger partial charge on any atom is -0.325 e. The third-order valence-corrected chi connectivity index (χ3v) is 5.24. The third-order valence-electron chi connectivity index (χ3n) is 3.19. The van der Waals surface area contributed by atoms with Gasteiger partial charge in [0, 0.05) is 17.8 Å². The Morgan fingerprint density at radius 3 is 2.43 bits per heavy atom. The Kier molecular flexibility index (Phi) is 5.41. The molecule has 122 valence electrons. The van der Waals surface area contributed by atoms with Crippen molar-refractivity contribution in [3.63, 3.8) is 0 Å². The Labute approximate surface area is 140 Å². The Morgan fingerprint density at radius 1 is 1.17 bits per heavy atom. The lowest BCUT2D eigenvalue weighted by atomic mass is 10.2. The van der Waals surface area contributed by atoms with Gasteiger partial charge in [0.25, 0.3) is 0 Å². The molecule has 23 heavy (non-hydrogen) atoms. The number of aryl methyl sites for hydroxylation is 1. The number of hydrogen-bond acceptors (Lipinski definition) is 3. The molecule has 7 heteroatoms. The zero-order valence-electron chi connectivity index (χ0n) is 12.8. The number of likely N-dealkylation sites (N-methyl/N-ethyl adjacent to an activating group) is 1. The van der Waals surface area contributed by atoms with E-state index < -0.39 is 15.9 Å². The molecule has 0 atom stereocenters. The molecule has 0 bridgehead atoms. The van der Waals surface area contributed by atoms with Crippen LogP contribution in [-0.2, 0) is 14.8 Å². The van der Waals surface area contributed by atoms with Gasteiger partial charge in [-0.2, -0.15) is 4.31 Å². The van der Waals surface area contributed by atoms with Crippen LogP contribution in [0.1, 0.15) is 5.56 Å². The predicted octanol–water partition coefficient (Wildman–Crippen LogP) is 2.91. The minimum atomic E-state index is -3.70. The number of nitrogens with zero attached hydrogens (tertiary/aromatic N) is 1. The van der Waals surface area contributed by atoms with Gasteiger partial charge in [-0.15, -0.1) is 0 Å². The molecule has 0 spiro atoms. The Bertz CT molecular complexity index is 804. The van der Waals surface area contributed by atoms with Gasteiger partial charge in [-0.05, 0) is 48.9 Å². The lowest BCUT2D eigenvalue weighted by Gasteiger charge is -2.17. The van der Waals surface area contributed by atoms with Gasteiger partial charge in [-0.25, -0.2) is 8.42 Å². The number of hydrogen-bond donors (Lipinski definition) is 1. The molecule has 1 amide bonds. The molecule has 0 radical (unpaired) electrons. The van der Waals surface area contributed by atoms with Crippen LogP contribution in [0.25, 0.3) is 0 Å². The summed E-state index contributed by atoms with van der Waals surface area (Å²) in [5, 5.41) is 3.19. The van der Waals surface area contributed by atoms with E-state index in [4.69, 9.17) is 11.6 Å². The van der Waals surface area contributed by atoms with Gasteiger partial charge in [0.05, 0.1) is 11.4 Å². The topological polar surface area (TPSA) is 66.5 Å². The quantitative estimate of drug-likeness (QED) is 0.899.